The standard InChI is InChI=1S/C21H26ClN3O4/c22-15-5-3-6-16(11-15)24-21(29)25-23-12-18-17-9-13(4-1-2-7-20(27)28)8-14(17)10-19(18)26/h3-6,11-12,14,17-19,26H,1-2,7-10H2,(H,27,28)(H2,24,25,29)/b13-4+,23-12+/t14-,17-,18+,19+/m0/s1. The highest BCUT2D eigenvalue weighted by Gasteiger charge is 2.45. The van der Waals surface area contributed by atoms with Crippen LogP contribution in [0.25, 0.3) is 0 Å². The first-order valence-electron chi connectivity index (χ1n) is 9.86. The molecule has 2 aliphatic rings. The van der Waals surface area contributed by atoms with E-state index in [9.17, 15) is 14.7 Å². The molecule has 0 saturated heterocycles. The molecule has 0 heterocycles. The molecule has 0 unspecified atom stereocenters. The van der Waals surface area contributed by atoms with Crippen LogP contribution in [0.4, 0.5) is 10.5 Å². The minimum absolute atomic E-state index is 0.101. The van der Waals surface area contributed by atoms with E-state index in [4.69, 9.17) is 16.7 Å². The molecule has 8 heteroatoms. The number of anilines is 1. The Morgan fingerprint density at radius 2 is 2.14 bits per heavy atom. The maximum absolute atomic E-state index is 12.0. The predicted octanol–water partition coefficient (Wildman–Crippen LogP) is 4.04. The molecule has 2 amide bonds. The van der Waals surface area contributed by atoms with Crippen LogP contribution in [-0.2, 0) is 4.79 Å². The van der Waals surface area contributed by atoms with Crippen molar-refractivity contribution in [3.05, 3.63) is 40.9 Å². The summed E-state index contributed by atoms with van der Waals surface area (Å²) in [5.41, 5.74) is 4.34. The molecule has 2 aliphatic carbocycles. The lowest BCUT2D eigenvalue weighted by Crippen LogP contribution is -2.27. The second-order valence-corrected chi connectivity index (χ2v) is 8.15. The van der Waals surface area contributed by atoms with Gasteiger partial charge in [0, 0.05) is 29.3 Å². The van der Waals surface area contributed by atoms with Crippen LogP contribution >= 0.6 is 11.6 Å². The van der Waals surface area contributed by atoms with Crippen LogP contribution in [0.1, 0.15) is 38.5 Å². The van der Waals surface area contributed by atoms with Crippen LogP contribution in [0.3, 0.4) is 0 Å². The maximum atomic E-state index is 12.0. The van der Waals surface area contributed by atoms with Gasteiger partial charge in [0.15, 0.2) is 0 Å². The number of hydrogen-bond donors (Lipinski definition) is 4. The zero-order valence-corrected chi connectivity index (χ0v) is 16.8. The van der Waals surface area contributed by atoms with Gasteiger partial charge < -0.3 is 15.5 Å². The maximum Gasteiger partial charge on any atom is 0.339 e. The first-order chi connectivity index (χ1) is 13.9. The molecule has 0 spiro atoms. The Hall–Kier alpha value is -2.38. The number of nitrogens with one attached hydrogen (secondary N) is 2. The number of carbonyl (C=O) groups excluding carboxylic acids is 1. The summed E-state index contributed by atoms with van der Waals surface area (Å²) in [4.78, 5) is 22.6. The number of benzene rings is 1. The van der Waals surface area contributed by atoms with Crippen LogP contribution in [0.15, 0.2) is 41.0 Å². The van der Waals surface area contributed by atoms with E-state index in [0.29, 0.717) is 29.0 Å². The second-order valence-electron chi connectivity index (χ2n) is 7.72. The highest BCUT2D eigenvalue weighted by molar-refractivity contribution is 6.30. The van der Waals surface area contributed by atoms with Crippen molar-refractivity contribution in [1.29, 1.82) is 0 Å². The number of aliphatic hydroxyl groups excluding tert-OH is 1. The summed E-state index contributed by atoms with van der Waals surface area (Å²) in [7, 11) is 0. The molecule has 0 bridgehead atoms. The second kappa shape index (κ2) is 9.89. The smallest absolute Gasteiger partial charge is 0.339 e. The van der Waals surface area contributed by atoms with Gasteiger partial charge in [0.05, 0.1) is 6.10 Å². The number of aliphatic hydroxyl groups is 1. The Kier molecular flexibility index (Phi) is 7.28. The number of aliphatic carboxylic acids is 1. The fourth-order valence-electron chi connectivity index (χ4n) is 4.35. The lowest BCUT2D eigenvalue weighted by molar-refractivity contribution is -0.137. The van der Waals surface area contributed by atoms with E-state index in [1.807, 2.05) is 0 Å². The lowest BCUT2D eigenvalue weighted by atomic mass is 9.92. The van der Waals surface area contributed by atoms with Crippen molar-refractivity contribution in [3.63, 3.8) is 0 Å². The van der Waals surface area contributed by atoms with Crippen LogP contribution < -0.4 is 10.7 Å². The van der Waals surface area contributed by atoms with E-state index in [0.717, 1.165) is 25.7 Å². The molecule has 1 aromatic carbocycles. The average Bonchev–Trinajstić information content (AvgIpc) is 3.16. The fraction of sp³-hybridized carbons (Fsp3) is 0.476. The Morgan fingerprint density at radius 1 is 1.31 bits per heavy atom. The lowest BCUT2D eigenvalue weighted by Gasteiger charge is -2.16. The number of nitrogens with zero attached hydrogens (tertiary/aromatic N) is 1. The number of carboxylic acids is 1. The molecule has 0 radical (unpaired) electrons. The topological polar surface area (TPSA) is 111 Å². The monoisotopic (exact) mass is 419 g/mol. The quantitative estimate of drug-likeness (QED) is 0.231. The highest BCUT2D eigenvalue weighted by Crippen LogP contribution is 2.49. The molecule has 3 rings (SSSR count). The van der Waals surface area contributed by atoms with Gasteiger partial charge in [-0.15, -0.1) is 0 Å². The highest BCUT2D eigenvalue weighted by atomic mass is 35.5. The number of urea groups is 1. The summed E-state index contributed by atoms with van der Waals surface area (Å²) in [6.07, 6.45) is 7.50. The van der Waals surface area contributed by atoms with Crippen molar-refractivity contribution in [2.75, 3.05) is 5.32 Å². The first kappa shape index (κ1) is 21.3. The van der Waals surface area contributed by atoms with Crippen LogP contribution in [0, 0.1) is 17.8 Å². The molecule has 2 fully saturated rings. The molecule has 0 aliphatic heterocycles. The van der Waals surface area contributed by atoms with E-state index in [1.54, 1.807) is 30.5 Å². The minimum atomic E-state index is -0.766. The Bertz CT molecular complexity index is 811. The zero-order valence-electron chi connectivity index (χ0n) is 16.1. The van der Waals surface area contributed by atoms with Crippen molar-refractivity contribution >= 4 is 35.5 Å². The summed E-state index contributed by atoms with van der Waals surface area (Å²) in [5.74, 6) is -0.154. The number of halogens is 1. The fourth-order valence-corrected chi connectivity index (χ4v) is 4.54. The zero-order chi connectivity index (χ0) is 20.8. The van der Waals surface area contributed by atoms with Gasteiger partial charge in [-0.1, -0.05) is 29.3 Å². The summed E-state index contributed by atoms with van der Waals surface area (Å²) < 4.78 is 0. The van der Waals surface area contributed by atoms with Gasteiger partial charge >= 0.3 is 12.0 Å². The normalized spacial score (nSPS) is 27.3. The molecule has 2 saturated carbocycles. The molecule has 29 heavy (non-hydrogen) atoms. The largest absolute Gasteiger partial charge is 0.481 e. The third-order valence-electron chi connectivity index (χ3n) is 5.63. The number of hydrazone groups is 1. The number of hydrogen-bond acceptors (Lipinski definition) is 4. The van der Waals surface area contributed by atoms with Gasteiger partial charge in [0.25, 0.3) is 0 Å². The van der Waals surface area contributed by atoms with Crippen molar-refractivity contribution in [2.45, 2.75) is 44.6 Å². The van der Waals surface area contributed by atoms with Gasteiger partial charge in [0.2, 0.25) is 0 Å². The van der Waals surface area contributed by atoms with Crippen molar-refractivity contribution in [2.24, 2.45) is 22.9 Å². The van der Waals surface area contributed by atoms with Crippen LogP contribution in [0.2, 0.25) is 5.02 Å². The number of unbranched alkanes of at least 4 members (excludes halogenated alkanes) is 1. The SMILES string of the molecule is O=C(O)CCC/C=C1\C[C@H]2C[C@@H](O)[C@H](/C=N/NC(=O)Nc3cccc(Cl)c3)[C@H]2C1. The number of fused-ring (bicyclic) bond motifs is 1. The van der Waals surface area contributed by atoms with E-state index in [2.05, 4.69) is 21.9 Å². The summed E-state index contributed by atoms with van der Waals surface area (Å²) in [6.45, 7) is 0. The predicted molar refractivity (Wildman–Crippen MR) is 112 cm³/mol. The van der Waals surface area contributed by atoms with E-state index in [1.165, 1.54) is 5.57 Å². The van der Waals surface area contributed by atoms with Crippen LogP contribution in [-0.4, -0.2) is 34.5 Å². The Labute approximate surface area is 174 Å². The minimum Gasteiger partial charge on any atom is -0.481 e. The van der Waals surface area contributed by atoms with Crippen molar-refractivity contribution in [1.82, 2.24) is 5.43 Å². The van der Waals surface area contributed by atoms with Crippen molar-refractivity contribution in [3.8, 4) is 0 Å². The van der Waals surface area contributed by atoms with Gasteiger partial charge in [-0.05, 0) is 62.1 Å². The Balaban J connectivity index is 1.49. The number of amides is 2. The van der Waals surface area contributed by atoms with Crippen molar-refractivity contribution < 1.29 is 19.8 Å². The third-order valence-corrected chi connectivity index (χ3v) is 5.87. The molecule has 4 N–H and O–H groups in total. The molecule has 4 atom stereocenters. The molecule has 156 valence electrons. The van der Waals surface area contributed by atoms with Crippen LogP contribution in [0.5, 0.6) is 0 Å². The molecule has 7 nitrogen and oxygen atoms in total. The number of carboxylic acid groups (broad SMARTS) is 1. The van der Waals surface area contributed by atoms with Gasteiger partial charge in [-0.3, -0.25) is 4.79 Å². The van der Waals surface area contributed by atoms with E-state index < -0.39 is 18.1 Å². The van der Waals surface area contributed by atoms with Gasteiger partial charge in [0.1, 0.15) is 0 Å². The molecular formula is C21H26ClN3O4. The number of carbonyl (C=O) groups is 2. The van der Waals surface area contributed by atoms with Gasteiger partial charge in [-0.2, -0.15) is 5.10 Å². The third kappa shape index (κ3) is 6.05. The Morgan fingerprint density at radius 3 is 2.90 bits per heavy atom. The van der Waals surface area contributed by atoms with E-state index in [-0.39, 0.29) is 12.3 Å². The number of rotatable bonds is 7. The average molecular weight is 420 g/mol. The molecule has 1 aromatic rings. The first-order valence-corrected chi connectivity index (χ1v) is 10.2. The molecular weight excluding hydrogens is 394 g/mol. The number of allylic oxidation sites excluding steroid dienone is 2. The summed E-state index contributed by atoms with van der Waals surface area (Å²) >= 11 is 5.89. The molecule has 0 aromatic heterocycles. The van der Waals surface area contributed by atoms with Gasteiger partial charge in [-0.25, -0.2) is 10.2 Å². The van der Waals surface area contributed by atoms with E-state index >= 15 is 0 Å². The summed E-state index contributed by atoms with van der Waals surface area (Å²) in [6, 6.07) is 6.35. The summed E-state index contributed by atoms with van der Waals surface area (Å²) in [5, 5.41) is 26.3.